The van der Waals surface area contributed by atoms with Gasteiger partial charge in [0.1, 0.15) is 6.61 Å². The van der Waals surface area contributed by atoms with Crippen LogP contribution in [0.3, 0.4) is 0 Å². The van der Waals surface area contributed by atoms with E-state index in [1.54, 1.807) is 13.2 Å². The smallest absolute Gasteiger partial charge is 0.164 e. The molecule has 3 nitrogen and oxygen atoms in total. The summed E-state index contributed by atoms with van der Waals surface area (Å²) < 4.78 is 11.2. The third-order valence-electron chi connectivity index (χ3n) is 2.95. The fraction of sp³-hybridized carbons (Fsp3) is 0.467. The lowest BCUT2D eigenvalue weighted by molar-refractivity contribution is 0.315. The van der Waals surface area contributed by atoms with Crippen molar-refractivity contribution in [2.24, 2.45) is 5.73 Å². The fourth-order valence-corrected chi connectivity index (χ4v) is 2.03. The zero-order chi connectivity index (χ0) is 15.1. The molecule has 0 aliphatic rings. The van der Waals surface area contributed by atoms with E-state index < -0.39 is 0 Å². The van der Waals surface area contributed by atoms with Crippen LogP contribution >= 0.6 is 23.2 Å². The van der Waals surface area contributed by atoms with Crippen LogP contribution < -0.4 is 15.2 Å². The van der Waals surface area contributed by atoms with Gasteiger partial charge >= 0.3 is 0 Å². The van der Waals surface area contributed by atoms with E-state index in [-0.39, 0.29) is 6.04 Å². The Morgan fingerprint density at radius 2 is 2.15 bits per heavy atom. The highest BCUT2D eigenvalue weighted by atomic mass is 35.5. The molecule has 1 atom stereocenters. The van der Waals surface area contributed by atoms with E-state index in [9.17, 15) is 0 Å². The summed E-state index contributed by atoms with van der Waals surface area (Å²) in [4.78, 5) is 0. The minimum atomic E-state index is 0.0604. The van der Waals surface area contributed by atoms with Gasteiger partial charge in [-0.05, 0) is 31.4 Å². The summed E-state index contributed by atoms with van der Waals surface area (Å²) in [5.74, 6) is 1.29. The number of ether oxygens (including phenoxy) is 2. The van der Waals surface area contributed by atoms with E-state index in [2.05, 4.69) is 0 Å². The molecule has 20 heavy (non-hydrogen) atoms. The normalized spacial score (nSPS) is 13.2. The molecule has 112 valence electrons. The van der Waals surface area contributed by atoms with E-state index in [1.807, 2.05) is 19.9 Å². The Kier molecular flexibility index (Phi) is 7.20. The van der Waals surface area contributed by atoms with Crippen LogP contribution in [0.5, 0.6) is 11.5 Å². The molecule has 0 bridgehead atoms. The van der Waals surface area contributed by atoms with Gasteiger partial charge < -0.3 is 15.2 Å². The summed E-state index contributed by atoms with van der Waals surface area (Å²) in [6.07, 6.45) is 1.57. The maximum absolute atomic E-state index is 6.11. The lowest BCUT2D eigenvalue weighted by atomic mass is 10.0. The van der Waals surface area contributed by atoms with Crippen molar-refractivity contribution < 1.29 is 9.47 Å². The first-order valence-corrected chi connectivity index (χ1v) is 7.33. The average molecular weight is 318 g/mol. The molecule has 0 amide bonds. The largest absolute Gasteiger partial charge is 0.493 e. The second-order valence-corrected chi connectivity index (χ2v) is 5.37. The highest BCUT2D eigenvalue weighted by Crippen LogP contribution is 2.35. The van der Waals surface area contributed by atoms with Crippen molar-refractivity contribution in [2.45, 2.75) is 32.7 Å². The maximum atomic E-state index is 6.11. The van der Waals surface area contributed by atoms with Crippen molar-refractivity contribution in [3.63, 3.8) is 0 Å². The number of halogens is 2. The van der Waals surface area contributed by atoms with E-state index in [1.165, 1.54) is 5.54 Å². The molecule has 0 aliphatic carbocycles. The van der Waals surface area contributed by atoms with Crippen molar-refractivity contribution in [3.05, 3.63) is 33.8 Å². The van der Waals surface area contributed by atoms with E-state index >= 15 is 0 Å². The molecule has 0 radical (unpaired) electrons. The Morgan fingerprint density at radius 3 is 2.70 bits per heavy atom. The number of methoxy groups -OCH3 is 1. The summed E-state index contributed by atoms with van der Waals surface area (Å²) in [6, 6.07) is 3.66. The van der Waals surface area contributed by atoms with Crippen molar-refractivity contribution in [1.29, 1.82) is 0 Å². The van der Waals surface area contributed by atoms with E-state index in [0.29, 0.717) is 29.5 Å². The Hall–Kier alpha value is -0.900. The number of rotatable bonds is 7. The minimum absolute atomic E-state index is 0.0604. The lowest BCUT2D eigenvalue weighted by Gasteiger charge is -2.18. The number of hydrogen-bond acceptors (Lipinski definition) is 3. The standard InChI is InChI=1S/C15H21Cl2NO2/c1-4-13(18)6-11-5-12(17)7-14(19-3)15(11)20-9-10(2)8-16/h5,7-8,13H,4,6,9,18H2,1-3H3/b10-8+. The minimum Gasteiger partial charge on any atom is -0.493 e. The highest BCUT2D eigenvalue weighted by Gasteiger charge is 2.15. The van der Waals surface area contributed by atoms with Gasteiger partial charge in [0.05, 0.1) is 7.11 Å². The van der Waals surface area contributed by atoms with Crippen LogP contribution in [0.25, 0.3) is 0 Å². The molecule has 0 aromatic heterocycles. The fourth-order valence-electron chi connectivity index (χ4n) is 1.73. The average Bonchev–Trinajstić information content (AvgIpc) is 2.44. The zero-order valence-electron chi connectivity index (χ0n) is 12.1. The van der Waals surface area contributed by atoms with Crippen molar-refractivity contribution >= 4 is 23.2 Å². The van der Waals surface area contributed by atoms with Gasteiger partial charge in [-0.3, -0.25) is 0 Å². The summed E-state index contributed by atoms with van der Waals surface area (Å²) in [6.45, 7) is 4.34. The third-order valence-corrected chi connectivity index (χ3v) is 3.54. The zero-order valence-corrected chi connectivity index (χ0v) is 13.6. The SMILES string of the molecule is CCC(N)Cc1cc(Cl)cc(OC)c1OC/C(C)=C/Cl. The first-order chi connectivity index (χ1) is 9.51. The third kappa shape index (κ3) is 4.89. The Bertz CT molecular complexity index is 475. The summed E-state index contributed by atoms with van der Waals surface area (Å²) in [7, 11) is 1.59. The van der Waals surface area contributed by atoms with Crippen LogP contribution in [0.2, 0.25) is 5.02 Å². The molecule has 1 aromatic carbocycles. The molecule has 0 spiro atoms. The van der Waals surface area contributed by atoms with Crippen LogP contribution in [0.4, 0.5) is 0 Å². The van der Waals surface area contributed by atoms with Gasteiger partial charge in [0, 0.05) is 28.2 Å². The van der Waals surface area contributed by atoms with Crippen LogP contribution in [0.15, 0.2) is 23.2 Å². The molecular formula is C15H21Cl2NO2. The molecule has 0 fully saturated rings. The topological polar surface area (TPSA) is 44.5 Å². The molecule has 2 N–H and O–H groups in total. The molecule has 5 heteroatoms. The van der Waals surface area contributed by atoms with Gasteiger partial charge in [-0.25, -0.2) is 0 Å². The van der Waals surface area contributed by atoms with Gasteiger partial charge in [0.2, 0.25) is 0 Å². The molecule has 0 aliphatic heterocycles. The van der Waals surface area contributed by atoms with Crippen molar-refractivity contribution in [1.82, 2.24) is 0 Å². The monoisotopic (exact) mass is 317 g/mol. The molecule has 0 heterocycles. The highest BCUT2D eigenvalue weighted by molar-refractivity contribution is 6.30. The molecule has 0 saturated heterocycles. The van der Waals surface area contributed by atoms with Crippen molar-refractivity contribution in [3.8, 4) is 11.5 Å². The summed E-state index contributed by atoms with van der Waals surface area (Å²) in [5.41, 5.74) is 9.40. The predicted octanol–water partition coefficient (Wildman–Crippen LogP) is 4.15. The number of hydrogen-bond donors (Lipinski definition) is 1. The van der Waals surface area contributed by atoms with E-state index in [0.717, 1.165) is 17.6 Å². The second-order valence-electron chi connectivity index (χ2n) is 4.71. The molecular weight excluding hydrogens is 297 g/mol. The van der Waals surface area contributed by atoms with Gasteiger partial charge in [0.15, 0.2) is 11.5 Å². The Balaban J connectivity index is 3.08. The van der Waals surface area contributed by atoms with Crippen LogP contribution in [0, 0.1) is 0 Å². The first-order valence-electron chi connectivity index (χ1n) is 6.52. The first kappa shape index (κ1) is 17.2. The maximum Gasteiger partial charge on any atom is 0.164 e. The summed E-state index contributed by atoms with van der Waals surface area (Å²) in [5, 5.41) is 0.608. The molecule has 1 aromatic rings. The second kappa shape index (κ2) is 8.40. The Morgan fingerprint density at radius 1 is 1.45 bits per heavy atom. The van der Waals surface area contributed by atoms with Gasteiger partial charge in [0.25, 0.3) is 0 Å². The van der Waals surface area contributed by atoms with Gasteiger partial charge in [-0.2, -0.15) is 0 Å². The van der Waals surface area contributed by atoms with E-state index in [4.69, 9.17) is 38.4 Å². The van der Waals surface area contributed by atoms with Crippen LogP contribution in [-0.2, 0) is 6.42 Å². The molecule has 0 saturated carbocycles. The lowest BCUT2D eigenvalue weighted by Crippen LogP contribution is -2.22. The Labute approximate surface area is 130 Å². The molecule has 1 unspecified atom stereocenters. The quantitative estimate of drug-likeness (QED) is 0.821. The van der Waals surface area contributed by atoms with Gasteiger partial charge in [-0.15, -0.1) is 0 Å². The number of nitrogens with two attached hydrogens (primary N) is 1. The van der Waals surface area contributed by atoms with Crippen molar-refractivity contribution in [2.75, 3.05) is 13.7 Å². The molecule has 1 rings (SSSR count). The number of benzene rings is 1. The summed E-state index contributed by atoms with van der Waals surface area (Å²) >= 11 is 11.8. The predicted molar refractivity (Wildman–Crippen MR) is 85.1 cm³/mol. The van der Waals surface area contributed by atoms with Crippen LogP contribution in [-0.4, -0.2) is 19.8 Å². The van der Waals surface area contributed by atoms with Crippen LogP contribution in [0.1, 0.15) is 25.8 Å². The van der Waals surface area contributed by atoms with Gasteiger partial charge in [-0.1, -0.05) is 30.1 Å².